The van der Waals surface area contributed by atoms with Crippen LogP contribution in [-0.2, 0) is 0 Å². The molecule has 0 amide bonds. The lowest BCUT2D eigenvalue weighted by Crippen LogP contribution is -2.56. The molecule has 0 spiro atoms. The standard InChI is InChI=1S/C12H24F3N3/c1-4-10(16)11(12(13,14)15)18(3)8-9-6-5-7-17(9)2/h9-11H,4-8,16H2,1-3H3. The summed E-state index contributed by atoms with van der Waals surface area (Å²) in [5.74, 6) is 0. The Bertz CT molecular complexity index is 257. The molecule has 0 bridgehead atoms. The van der Waals surface area contributed by atoms with Crippen LogP contribution < -0.4 is 5.73 Å². The van der Waals surface area contributed by atoms with Crippen molar-refractivity contribution in [3.05, 3.63) is 0 Å². The number of alkyl halides is 3. The number of likely N-dealkylation sites (tertiary alicyclic amines) is 1. The first-order valence-electron chi connectivity index (χ1n) is 6.50. The molecule has 0 aromatic heterocycles. The van der Waals surface area contributed by atoms with Crippen LogP contribution in [0.3, 0.4) is 0 Å². The maximum Gasteiger partial charge on any atom is 0.405 e. The van der Waals surface area contributed by atoms with E-state index in [1.165, 1.54) is 11.9 Å². The highest BCUT2D eigenvalue weighted by Gasteiger charge is 2.46. The van der Waals surface area contributed by atoms with Gasteiger partial charge < -0.3 is 10.6 Å². The van der Waals surface area contributed by atoms with Crippen LogP contribution in [-0.4, -0.2) is 61.3 Å². The molecule has 6 heteroatoms. The Hall–Kier alpha value is -0.330. The second kappa shape index (κ2) is 6.21. The van der Waals surface area contributed by atoms with Gasteiger partial charge in [-0.05, 0) is 39.9 Å². The van der Waals surface area contributed by atoms with Crippen molar-refractivity contribution in [3.63, 3.8) is 0 Å². The van der Waals surface area contributed by atoms with E-state index in [2.05, 4.69) is 4.90 Å². The molecule has 1 saturated heterocycles. The number of nitrogens with two attached hydrogens (primary N) is 1. The summed E-state index contributed by atoms with van der Waals surface area (Å²) in [4.78, 5) is 3.50. The number of likely N-dealkylation sites (N-methyl/N-ethyl adjacent to an activating group) is 2. The SMILES string of the molecule is CCC(N)C(N(C)CC1CCCN1C)C(F)(F)F. The number of nitrogens with zero attached hydrogens (tertiary/aromatic N) is 2. The molecule has 3 atom stereocenters. The molecule has 0 aromatic rings. The highest BCUT2D eigenvalue weighted by molar-refractivity contribution is 4.89. The molecule has 1 aliphatic rings. The first-order valence-corrected chi connectivity index (χ1v) is 6.50. The fourth-order valence-electron chi connectivity index (χ4n) is 2.70. The van der Waals surface area contributed by atoms with Crippen molar-refractivity contribution in [2.45, 2.75) is 50.5 Å². The molecule has 0 aromatic carbocycles. The molecule has 108 valence electrons. The summed E-state index contributed by atoms with van der Waals surface area (Å²) in [7, 11) is 3.49. The minimum Gasteiger partial charge on any atom is -0.326 e. The summed E-state index contributed by atoms with van der Waals surface area (Å²) < 4.78 is 39.1. The van der Waals surface area contributed by atoms with Crippen LogP contribution in [0.2, 0.25) is 0 Å². The van der Waals surface area contributed by atoms with Gasteiger partial charge in [-0.15, -0.1) is 0 Å². The minimum absolute atomic E-state index is 0.212. The van der Waals surface area contributed by atoms with E-state index in [1.807, 2.05) is 7.05 Å². The van der Waals surface area contributed by atoms with Gasteiger partial charge in [-0.1, -0.05) is 6.92 Å². The number of halogens is 3. The van der Waals surface area contributed by atoms with Crippen molar-refractivity contribution >= 4 is 0 Å². The molecule has 1 fully saturated rings. The summed E-state index contributed by atoms with van der Waals surface area (Å²) in [5, 5.41) is 0. The van der Waals surface area contributed by atoms with Crippen LogP contribution in [0, 0.1) is 0 Å². The minimum atomic E-state index is -4.26. The first-order chi connectivity index (χ1) is 8.27. The van der Waals surface area contributed by atoms with Gasteiger partial charge in [0.1, 0.15) is 6.04 Å². The molecule has 3 nitrogen and oxygen atoms in total. The molecule has 3 unspecified atom stereocenters. The lowest BCUT2D eigenvalue weighted by atomic mass is 10.0. The summed E-state index contributed by atoms with van der Waals surface area (Å²) in [6, 6.07) is -2.19. The van der Waals surface area contributed by atoms with E-state index in [9.17, 15) is 13.2 Å². The average molecular weight is 267 g/mol. The third kappa shape index (κ3) is 3.83. The summed E-state index contributed by atoms with van der Waals surface area (Å²) in [6.07, 6.45) is -1.91. The van der Waals surface area contributed by atoms with Gasteiger partial charge in [-0.2, -0.15) is 13.2 Å². The normalized spacial score (nSPS) is 25.7. The summed E-state index contributed by atoms with van der Waals surface area (Å²) in [5.41, 5.74) is 5.64. The Kier molecular flexibility index (Phi) is 5.43. The van der Waals surface area contributed by atoms with Gasteiger partial charge in [0.15, 0.2) is 0 Å². The maximum atomic E-state index is 13.0. The van der Waals surface area contributed by atoms with Gasteiger partial charge in [0.05, 0.1) is 0 Å². The van der Waals surface area contributed by atoms with Crippen molar-refractivity contribution in [2.75, 3.05) is 27.2 Å². The maximum absolute atomic E-state index is 13.0. The predicted molar refractivity (Wildman–Crippen MR) is 66.4 cm³/mol. The van der Waals surface area contributed by atoms with Crippen LogP contribution in [0.15, 0.2) is 0 Å². The molecular weight excluding hydrogens is 243 g/mol. The molecule has 2 N–H and O–H groups in total. The van der Waals surface area contributed by atoms with Crippen LogP contribution in [0.5, 0.6) is 0 Å². The van der Waals surface area contributed by atoms with E-state index in [1.54, 1.807) is 6.92 Å². The quantitative estimate of drug-likeness (QED) is 0.822. The highest BCUT2D eigenvalue weighted by Crippen LogP contribution is 2.28. The monoisotopic (exact) mass is 267 g/mol. The van der Waals surface area contributed by atoms with Crippen LogP contribution in [0.25, 0.3) is 0 Å². The first kappa shape index (κ1) is 15.7. The van der Waals surface area contributed by atoms with Crippen LogP contribution in [0.1, 0.15) is 26.2 Å². The average Bonchev–Trinajstić information content (AvgIpc) is 2.62. The van der Waals surface area contributed by atoms with E-state index in [0.29, 0.717) is 13.0 Å². The fourth-order valence-corrected chi connectivity index (χ4v) is 2.70. The Morgan fingerprint density at radius 2 is 2.06 bits per heavy atom. The fraction of sp³-hybridized carbons (Fsp3) is 1.00. The lowest BCUT2D eigenvalue weighted by molar-refractivity contribution is -0.187. The largest absolute Gasteiger partial charge is 0.405 e. The number of hydrogen-bond acceptors (Lipinski definition) is 3. The molecule has 1 aliphatic heterocycles. The van der Waals surface area contributed by atoms with E-state index in [0.717, 1.165) is 19.4 Å². The van der Waals surface area contributed by atoms with Crippen molar-refractivity contribution in [1.29, 1.82) is 0 Å². The number of hydrogen-bond donors (Lipinski definition) is 1. The smallest absolute Gasteiger partial charge is 0.326 e. The van der Waals surface area contributed by atoms with Crippen LogP contribution in [0.4, 0.5) is 13.2 Å². The molecule has 1 heterocycles. The van der Waals surface area contributed by atoms with Gasteiger partial charge in [0, 0.05) is 18.6 Å². The molecule has 1 rings (SSSR count). The molecule has 0 aliphatic carbocycles. The topological polar surface area (TPSA) is 32.5 Å². The van der Waals surface area contributed by atoms with Gasteiger partial charge in [0.25, 0.3) is 0 Å². The van der Waals surface area contributed by atoms with Crippen molar-refractivity contribution in [1.82, 2.24) is 9.80 Å². The Morgan fingerprint density at radius 3 is 2.44 bits per heavy atom. The number of rotatable bonds is 5. The predicted octanol–water partition coefficient (Wildman–Crippen LogP) is 1.68. The van der Waals surface area contributed by atoms with Gasteiger partial charge >= 0.3 is 6.18 Å². The molecule has 0 radical (unpaired) electrons. The van der Waals surface area contributed by atoms with Crippen LogP contribution >= 0.6 is 0 Å². The Labute approximate surface area is 107 Å². The van der Waals surface area contributed by atoms with Gasteiger partial charge in [0.2, 0.25) is 0 Å². The van der Waals surface area contributed by atoms with Gasteiger partial charge in [-0.3, -0.25) is 4.90 Å². The van der Waals surface area contributed by atoms with Gasteiger partial charge in [-0.25, -0.2) is 0 Å². The summed E-state index contributed by atoms with van der Waals surface area (Å²) in [6.45, 7) is 3.09. The highest BCUT2D eigenvalue weighted by atomic mass is 19.4. The Morgan fingerprint density at radius 1 is 1.44 bits per heavy atom. The van der Waals surface area contributed by atoms with Crippen molar-refractivity contribution < 1.29 is 13.2 Å². The van der Waals surface area contributed by atoms with E-state index in [4.69, 9.17) is 5.73 Å². The molecule has 0 saturated carbocycles. The van der Waals surface area contributed by atoms with E-state index in [-0.39, 0.29) is 6.04 Å². The van der Waals surface area contributed by atoms with E-state index >= 15 is 0 Å². The summed E-state index contributed by atoms with van der Waals surface area (Å²) >= 11 is 0. The lowest BCUT2D eigenvalue weighted by Gasteiger charge is -2.36. The van der Waals surface area contributed by atoms with E-state index < -0.39 is 18.3 Å². The zero-order valence-corrected chi connectivity index (χ0v) is 11.4. The third-order valence-corrected chi connectivity index (χ3v) is 3.86. The van der Waals surface area contributed by atoms with Crippen molar-refractivity contribution in [2.24, 2.45) is 5.73 Å². The second-order valence-corrected chi connectivity index (χ2v) is 5.27. The zero-order valence-electron chi connectivity index (χ0n) is 11.4. The van der Waals surface area contributed by atoms with Crippen molar-refractivity contribution in [3.8, 4) is 0 Å². The molecule has 18 heavy (non-hydrogen) atoms. The Balaban J connectivity index is 2.67. The third-order valence-electron chi connectivity index (χ3n) is 3.86. The molecular formula is C12H24F3N3. The second-order valence-electron chi connectivity index (χ2n) is 5.27. The zero-order chi connectivity index (χ0) is 13.9.